The first-order valence-electron chi connectivity index (χ1n) is 13.6. The highest BCUT2D eigenvalue weighted by Gasteiger charge is 2.52. The van der Waals surface area contributed by atoms with E-state index in [4.69, 9.17) is 18.9 Å². The number of fused-ring (bicyclic) bond motifs is 1. The smallest absolute Gasteiger partial charge is 0.338 e. The van der Waals surface area contributed by atoms with Gasteiger partial charge in [-0.05, 0) is 36.4 Å². The van der Waals surface area contributed by atoms with Crippen LogP contribution < -0.4 is 0 Å². The molecule has 0 saturated carbocycles. The molecule has 228 valence electrons. The average molecular weight is 618 g/mol. The van der Waals surface area contributed by atoms with Crippen LogP contribution >= 0.6 is 0 Å². The van der Waals surface area contributed by atoms with E-state index in [-0.39, 0.29) is 16.7 Å². The van der Waals surface area contributed by atoms with Crippen LogP contribution in [0, 0.1) is 17.7 Å². The van der Waals surface area contributed by atoms with Gasteiger partial charge in [0, 0.05) is 0 Å². The zero-order chi connectivity index (χ0) is 31.5. The summed E-state index contributed by atoms with van der Waals surface area (Å²) < 4.78 is 67.9. The van der Waals surface area contributed by atoms with Crippen LogP contribution in [-0.2, 0) is 18.9 Å². The van der Waals surface area contributed by atoms with Gasteiger partial charge >= 0.3 is 17.9 Å². The molecule has 13 heteroatoms. The number of carbonyl (C=O) groups is 3. The van der Waals surface area contributed by atoms with E-state index in [9.17, 15) is 23.2 Å². The number of imidazole rings is 1. The van der Waals surface area contributed by atoms with Crippen LogP contribution in [0.1, 0.15) is 37.3 Å². The predicted octanol–water partition coefficient (Wildman–Crippen LogP) is 5.05. The van der Waals surface area contributed by atoms with E-state index in [0.717, 1.165) is 10.9 Å². The monoisotopic (exact) mass is 617 g/mol. The Labute approximate surface area is 252 Å². The lowest BCUT2D eigenvalue weighted by Gasteiger charge is -2.25. The molecule has 3 aromatic carbocycles. The second-order valence-corrected chi connectivity index (χ2v) is 9.86. The van der Waals surface area contributed by atoms with Gasteiger partial charge in [-0.3, -0.25) is 4.57 Å². The van der Waals surface area contributed by atoms with E-state index in [1.807, 2.05) is 0 Å². The van der Waals surface area contributed by atoms with Gasteiger partial charge in [-0.1, -0.05) is 54.6 Å². The maximum atomic E-state index is 15.1. The first-order chi connectivity index (χ1) is 21.8. The standard InChI is InChI=1S/C32H22F3N3O7/c33-22-24-23(28(35)37-27(22)34)36-17-38(24)29-26(45-32(41)20-14-8-3-9-15-20)25(44-31(40)19-12-6-2-7-13-19)21(43-29)16-42-30(39)18-10-4-1-5-11-18/h1-15,17,21,25-26,29H,16H2/t21-,25-,26-,29-/m1/s1. The third kappa shape index (κ3) is 5.97. The number of carbonyl (C=O) groups excluding carboxylic acids is 3. The van der Waals surface area contributed by atoms with Gasteiger partial charge < -0.3 is 18.9 Å². The molecule has 1 saturated heterocycles. The minimum atomic E-state index is -1.74. The number of nitrogens with zero attached hydrogens (tertiary/aromatic N) is 3. The summed E-state index contributed by atoms with van der Waals surface area (Å²) in [6.45, 7) is -0.518. The van der Waals surface area contributed by atoms with Gasteiger partial charge in [0.15, 0.2) is 18.4 Å². The summed E-state index contributed by atoms with van der Waals surface area (Å²) in [5.74, 6) is -7.12. The van der Waals surface area contributed by atoms with Crippen LogP contribution in [0.2, 0.25) is 0 Å². The Balaban J connectivity index is 1.41. The number of esters is 3. The maximum absolute atomic E-state index is 15.1. The summed E-state index contributed by atoms with van der Waals surface area (Å²) >= 11 is 0. The van der Waals surface area contributed by atoms with Crippen LogP contribution in [0.5, 0.6) is 0 Å². The molecule has 0 N–H and O–H groups in total. The molecule has 0 unspecified atom stereocenters. The zero-order valence-electron chi connectivity index (χ0n) is 23.1. The third-order valence-corrected chi connectivity index (χ3v) is 7.03. The van der Waals surface area contributed by atoms with Crippen molar-refractivity contribution in [2.24, 2.45) is 0 Å². The minimum absolute atomic E-state index is 0.117. The molecule has 6 rings (SSSR count). The van der Waals surface area contributed by atoms with Crippen LogP contribution in [0.15, 0.2) is 97.3 Å². The Morgan fingerprint density at radius 3 is 1.78 bits per heavy atom. The highest BCUT2D eigenvalue weighted by Crippen LogP contribution is 2.38. The van der Waals surface area contributed by atoms with Gasteiger partial charge in [-0.15, -0.1) is 0 Å². The number of rotatable bonds is 8. The number of aromatic nitrogens is 3. The Hall–Kier alpha value is -5.56. The van der Waals surface area contributed by atoms with E-state index in [0.29, 0.717) is 0 Å². The van der Waals surface area contributed by atoms with Crippen molar-refractivity contribution in [1.29, 1.82) is 0 Å². The quantitative estimate of drug-likeness (QED) is 0.134. The average Bonchev–Trinajstić information content (AvgIpc) is 3.66. The Morgan fingerprint density at radius 2 is 1.22 bits per heavy atom. The Bertz CT molecular complexity index is 1860. The van der Waals surface area contributed by atoms with Gasteiger partial charge in [0.25, 0.3) is 5.95 Å². The van der Waals surface area contributed by atoms with Crippen molar-refractivity contribution in [2.45, 2.75) is 24.5 Å². The highest BCUT2D eigenvalue weighted by molar-refractivity contribution is 5.91. The highest BCUT2D eigenvalue weighted by atomic mass is 19.2. The maximum Gasteiger partial charge on any atom is 0.338 e. The second-order valence-electron chi connectivity index (χ2n) is 9.86. The largest absolute Gasteiger partial charge is 0.459 e. The van der Waals surface area contributed by atoms with E-state index < -0.39 is 77.8 Å². The topological polar surface area (TPSA) is 119 Å². The van der Waals surface area contributed by atoms with Crippen molar-refractivity contribution in [3.05, 3.63) is 132 Å². The summed E-state index contributed by atoms with van der Waals surface area (Å²) in [4.78, 5) is 46.0. The zero-order valence-corrected chi connectivity index (χ0v) is 23.1. The van der Waals surface area contributed by atoms with Gasteiger partial charge in [-0.2, -0.15) is 18.2 Å². The van der Waals surface area contributed by atoms with E-state index in [1.54, 1.807) is 54.6 Å². The fourth-order valence-corrected chi connectivity index (χ4v) is 4.89. The van der Waals surface area contributed by atoms with Gasteiger partial charge in [0.1, 0.15) is 23.7 Å². The third-order valence-electron chi connectivity index (χ3n) is 7.03. The Morgan fingerprint density at radius 1 is 0.711 bits per heavy atom. The molecule has 5 aromatic rings. The summed E-state index contributed by atoms with van der Waals surface area (Å²) in [7, 11) is 0. The summed E-state index contributed by atoms with van der Waals surface area (Å²) in [6.07, 6.45) is -4.94. The van der Waals surface area contributed by atoms with Crippen LogP contribution in [0.4, 0.5) is 13.2 Å². The fourth-order valence-electron chi connectivity index (χ4n) is 4.89. The summed E-state index contributed by atoms with van der Waals surface area (Å²) in [6, 6.07) is 23.7. The molecule has 1 aliphatic heterocycles. The molecule has 0 aliphatic carbocycles. The molecule has 10 nitrogen and oxygen atoms in total. The molecule has 4 atom stereocenters. The molecular weight excluding hydrogens is 595 g/mol. The van der Waals surface area contributed by atoms with Crippen molar-refractivity contribution in [3.8, 4) is 0 Å². The van der Waals surface area contributed by atoms with Gasteiger partial charge in [-0.25, -0.2) is 19.4 Å². The Kier molecular flexibility index (Phi) is 8.25. The van der Waals surface area contributed by atoms with Crippen molar-refractivity contribution in [3.63, 3.8) is 0 Å². The molecule has 0 spiro atoms. The molecule has 0 amide bonds. The van der Waals surface area contributed by atoms with Crippen LogP contribution in [0.3, 0.4) is 0 Å². The second kappa shape index (κ2) is 12.6. The summed E-state index contributed by atoms with van der Waals surface area (Å²) in [5.41, 5.74) is -0.823. The normalized spacial score (nSPS) is 19.3. The number of ether oxygens (including phenoxy) is 4. The van der Waals surface area contributed by atoms with Crippen molar-refractivity contribution >= 4 is 28.9 Å². The van der Waals surface area contributed by atoms with Gasteiger partial charge in [0.2, 0.25) is 11.8 Å². The molecule has 3 heterocycles. The SMILES string of the molecule is O=C(OC[C@H]1O[C@@H](n2cnc3c(F)nc(F)c(F)c32)[C@H](OC(=O)c2ccccc2)[C@@H]1OC(=O)c1ccccc1)c1ccccc1. The fraction of sp³-hybridized carbons (Fsp3) is 0.156. The number of pyridine rings is 1. The van der Waals surface area contributed by atoms with Crippen LogP contribution in [-0.4, -0.2) is 57.4 Å². The summed E-state index contributed by atoms with van der Waals surface area (Å²) in [5, 5.41) is 0. The predicted molar refractivity (Wildman–Crippen MR) is 149 cm³/mol. The lowest BCUT2D eigenvalue weighted by molar-refractivity contribution is -0.0606. The molecular formula is C32H22F3N3O7. The number of hydrogen-bond acceptors (Lipinski definition) is 9. The van der Waals surface area contributed by atoms with Crippen molar-refractivity contribution in [1.82, 2.24) is 14.5 Å². The molecule has 0 bridgehead atoms. The number of benzene rings is 3. The first kappa shape index (κ1) is 29.5. The number of halogens is 3. The van der Waals surface area contributed by atoms with E-state index in [1.165, 1.54) is 36.4 Å². The minimum Gasteiger partial charge on any atom is -0.459 e. The van der Waals surface area contributed by atoms with E-state index in [2.05, 4.69) is 9.97 Å². The van der Waals surface area contributed by atoms with Gasteiger partial charge in [0.05, 0.1) is 23.0 Å². The molecule has 1 aliphatic rings. The van der Waals surface area contributed by atoms with Crippen LogP contribution in [0.25, 0.3) is 11.0 Å². The lowest BCUT2D eigenvalue weighted by Crippen LogP contribution is -2.41. The first-order valence-corrected chi connectivity index (χ1v) is 13.6. The lowest BCUT2D eigenvalue weighted by atomic mass is 10.1. The van der Waals surface area contributed by atoms with E-state index >= 15 is 4.39 Å². The molecule has 1 fully saturated rings. The molecule has 2 aromatic heterocycles. The molecule has 45 heavy (non-hydrogen) atoms. The number of hydrogen-bond donors (Lipinski definition) is 0. The van der Waals surface area contributed by atoms with Crippen molar-refractivity contribution < 1.29 is 46.5 Å². The van der Waals surface area contributed by atoms with Crippen molar-refractivity contribution in [2.75, 3.05) is 6.61 Å². The molecule has 0 radical (unpaired) electrons.